The van der Waals surface area contributed by atoms with E-state index >= 15 is 0 Å². The average molecular weight is 293 g/mol. The zero-order valence-electron chi connectivity index (χ0n) is 11.7. The summed E-state index contributed by atoms with van der Waals surface area (Å²) >= 11 is 6.24. The first-order chi connectivity index (χ1) is 9.70. The zero-order chi connectivity index (χ0) is 14.0. The number of likely N-dealkylation sites (tertiary alicyclic amines) is 1. The van der Waals surface area contributed by atoms with Gasteiger partial charge in [0.25, 0.3) is 0 Å². The van der Waals surface area contributed by atoms with E-state index in [0.29, 0.717) is 0 Å². The molecule has 1 spiro atoms. The average Bonchev–Trinajstić information content (AvgIpc) is 2.67. The number of nitrogens with one attached hydrogen (secondary N) is 1. The van der Waals surface area contributed by atoms with Crippen LogP contribution < -0.4 is 5.32 Å². The maximum Gasteiger partial charge on any atom is 0.226 e. The lowest BCUT2D eigenvalue weighted by Crippen LogP contribution is -2.32. The van der Waals surface area contributed by atoms with Gasteiger partial charge in [0.15, 0.2) is 0 Å². The van der Waals surface area contributed by atoms with E-state index in [9.17, 15) is 4.79 Å². The molecule has 1 aromatic rings. The molecule has 2 saturated heterocycles. The minimum absolute atomic E-state index is 0.0881. The molecule has 1 aromatic carbocycles. The number of hydrogen-bond donors (Lipinski definition) is 1. The Morgan fingerprint density at radius 2 is 2.05 bits per heavy atom. The van der Waals surface area contributed by atoms with Crippen LogP contribution in [-0.2, 0) is 11.3 Å². The number of carbonyl (C=O) groups excluding carboxylic acids is 1. The summed E-state index contributed by atoms with van der Waals surface area (Å²) in [6.45, 7) is 3.78. The number of halogens is 1. The lowest BCUT2D eigenvalue weighted by molar-refractivity contribution is -0.128. The third-order valence-corrected chi connectivity index (χ3v) is 5.13. The standard InChI is InChI=1S/C16H21ClN2O/c17-14-5-2-1-4-13(14)12-19-10-3-6-16(8-11-19)7-9-18-15(16)20/h1-2,4-5H,3,6-12H2,(H,18,20). The number of benzene rings is 1. The molecule has 108 valence electrons. The van der Waals surface area contributed by atoms with Crippen molar-refractivity contribution in [3.05, 3.63) is 34.9 Å². The van der Waals surface area contributed by atoms with Crippen molar-refractivity contribution >= 4 is 17.5 Å². The Labute approximate surface area is 125 Å². The second kappa shape index (κ2) is 5.74. The fourth-order valence-corrected chi connectivity index (χ4v) is 3.66. The summed E-state index contributed by atoms with van der Waals surface area (Å²) in [6, 6.07) is 8.03. The summed E-state index contributed by atoms with van der Waals surface area (Å²) in [6.07, 6.45) is 4.10. The summed E-state index contributed by atoms with van der Waals surface area (Å²) in [5, 5.41) is 3.84. The van der Waals surface area contributed by atoms with Gasteiger partial charge in [0.2, 0.25) is 5.91 Å². The van der Waals surface area contributed by atoms with Crippen LogP contribution in [0.15, 0.2) is 24.3 Å². The highest BCUT2D eigenvalue weighted by Crippen LogP contribution is 2.38. The zero-order valence-corrected chi connectivity index (χ0v) is 12.5. The molecule has 1 N–H and O–H groups in total. The molecular formula is C16H21ClN2O. The predicted octanol–water partition coefficient (Wildman–Crippen LogP) is 2.83. The molecule has 0 saturated carbocycles. The van der Waals surface area contributed by atoms with E-state index in [4.69, 9.17) is 11.6 Å². The molecule has 1 atom stereocenters. The molecule has 20 heavy (non-hydrogen) atoms. The Morgan fingerprint density at radius 1 is 1.20 bits per heavy atom. The summed E-state index contributed by atoms with van der Waals surface area (Å²) in [5.41, 5.74) is 1.09. The van der Waals surface area contributed by atoms with E-state index in [-0.39, 0.29) is 11.3 Å². The van der Waals surface area contributed by atoms with Crippen LogP contribution in [0.25, 0.3) is 0 Å². The lowest BCUT2D eigenvalue weighted by Gasteiger charge is -2.24. The highest BCUT2D eigenvalue weighted by atomic mass is 35.5. The fourth-order valence-electron chi connectivity index (χ4n) is 3.47. The Hall–Kier alpha value is -1.06. The molecule has 0 aliphatic carbocycles. The number of rotatable bonds is 2. The first kappa shape index (κ1) is 13.9. The normalized spacial score (nSPS) is 27.6. The van der Waals surface area contributed by atoms with E-state index in [2.05, 4.69) is 16.3 Å². The van der Waals surface area contributed by atoms with E-state index < -0.39 is 0 Å². The molecule has 2 aliphatic heterocycles. The number of nitrogens with zero attached hydrogens (tertiary/aromatic N) is 1. The molecule has 1 unspecified atom stereocenters. The third-order valence-electron chi connectivity index (χ3n) is 4.76. The fraction of sp³-hybridized carbons (Fsp3) is 0.562. The number of hydrogen-bond acceptors (Lipinski definition) is 2. The van der Waals surface area contributed by atoms with Crippen LogP contribution in [0.5, 0.6) is 0 Å². The maximum atomic E-state index is 12.1. The van der Waals surface area contributed by atoms with Crippen molar-refractivity contribution in [2.75, 3.05) is 19.6 Å². The molecule has 0 bridgehead atoms. The number of amides is 1. The highest BCUT2D eigenvalue weighted by Gasteiger charge is 2.42. The molecule has 0 radical (unpaired) electrons. The van der Waals surface area contributed by atoms with E-state index in [0.717, 1.165) is 56.9 Å². The smallest absolute Gasteiger partial charge is 0.226 e. The third kappa shape index (κ3) is 2.70. The van der Waals surface area contributed by atoms with Crippen molar-refractivity contribution in [1.82, 2.24) is 10.2 Å². The van der Waals surface area contributed by atoms with Crippen molar-refractivity contribution in [3.8, 4) is 0 Å². The maximum absolute atomic E-state index is 12.1. The van der Waals surface area contributed by atoms with Crippen molar-refractivity contribution in [2.45, 2.75) is 32.2 Å². The number of carbonyl (C=O) groups is 1. The first-order valence-corrected chi connectivity index (χ1v) is 7.81. The summed E-state index contributed by atoms with van der Waals surface area (Å²) < 4.78 is 0. The van der Waals surface area contributed by atoms with E-state index in [1.807, 2.05) is 18.2 Å². The summed E-state index contributed by atoms with van der Waals surface area (Å²) in [5.74, 6) is 0.275. The first-order valence-electron chi connectivity index (χ1n) is 7.44. The lowest BCUT2D eigenvalue weighted by atomic mass is 9.79. The molecule has 3 nitrogen and oxygen atoms in total. The van der Waals surface area contributed by atoms with Crippen LogP contribution in [0.2, 0.25) is 5.02 Å². The molecular weight excluding hydrogens is 272 g/mol. The Morgan fingerprint density at radius 3 is 2.80 bits per heavy atom. The Kier molecular flexibility index (Phi) is 3.99. The molecule has 2 aliphatic rings. The Balaban J connectivity index is 1.66. The van der Waals surface area contributed by atoms with Gasteiger partial charge in [-0.25, -0.2) is 0 Å². The molecule has 4 heteroatoms. The SMILES string of the molecule is O=C1NCCC12CCCN(Cc1ccccc1Cl)CC2. The van der Waals surface area contributed by atoms with Crippen molar-refractivity contribution < 1.29 is 4.79 Å². The Bertz CT molecular complexity index is 505. The van der Waals surface area contributed by atoms with E-state index in [1.165, 1.54) is 5.56 Å². The van der Waals surface area contributed by atoms with Crippen molar-refractivity contribution in [1.29, 1.82) is 0 Å². The van der Waals surface area contributed by atoms with Gasteiger partial charge in [0, 0.05) is 18.1 Å². The monoisotopic (exact) mass is 292 g/mol. The van der Waals surface area contributed by atoms with Gasteiger partial charge in [-0.3, -0.25) is 9.69 Å². The van der Waals surface area contributed by atoms with Crippen LogP contribution in [0.3, 0.4) is 0 Å². The minimum Gasteiger partial charge on any atom is -0.356 e. The van der Waals surface area contributed by atoms with Crippen LogP contribution in [0, 0.1) is 5.41 Å². The van der Waals surface area contributed by atoms with E-state index in [1.54, 1.807) is 0 Å². The van der Waals surface area contributed by atoms with Gasteiger partial charge < -0.3 is 5.32 Å². The minimum atomic E-state index is -0.0881. The van der Waals surface area contributed by atoms with Gasteiger partial charge in [0.05, 0.1) is 5.41 Å². The van der Waals surface area contributed by atoms with Crippen molar-refractivity contribution in [3.63, 3.8) is 0 Å². The second-order valence-electron chi connectivity index (χ2n) is 6.01. The van der Waals surface area contributed by atoms with Crippen molar-refractivity contribution in [2.24, 2.45) is 5.41 Å². The van der Waals surface area contributed by atoms with Crippen LogP contribution in [0.1, 0.15) is 31.2 Å². The van der Waals surface area contributed by atoms with Gasteiger partial charge >= 0.3 is 0 Å². The van der Waals surface area contributed by atoms with Gasteiger partial charge in [-0.1, -0.05) is 29.8 Å². The van der Waals surface area contributed by atoms with Crippen LogP contribution >= 0.6 is 11.6 Å². The second-order valence-corrected chi connectivity index (χ2v) is 6.41. The summed E-state index contributed by atoms with van der Waals surface area (Å²) in [4.78, 5) is 14.5. The topological polar surface area (TPSA) is 32.3 Å². The van der Waals surface area contributed by atoms with Crippen LogP contribution in [0.4, 0.5) is 0 Å². The largest absolute Gasteiger partial charge is 0.356 e. The quantitative estimate of drug-likeness (QED) is 0.909. The highest BCUT2D eigenvalue weighted by molar-refractivity contribution is 6.31. The van der Waals surface area contributed by atoms with Gasteiger partial charge in [-0.05, 0) is 50.4 Å². The molecule has 3 rings (SSSR count). The predicted molar refractivity (Wildman–Crippen MR) is 80.6 cm³/mol. The van der Waals surface area contributed by atoms with Gasteiger partial charge in [-0.15, -0.1) is 0 Å². The van der Waals surface area contributed by atoms with Gasteiger partial charge in [-0.2, -0.15) is 0 Å². The molecule has 1 amide bonds. The van der Waals surface area contributed by atoms with Crippen LogP contribution in [-0.4, -0.2) is 30.4 Å². The van der Waals surface area contributed by atoms with Gasteiger partial charge in [0.1, 0.15) is 0 Å². The molecule has 2 heterocycles. The molecule has 0 aromatic heterocycles. The molecule has 2 fully saturated rings. The summed E-state index contributed by atoms with van der Waals surface area (Å²) in [7, 11) is 0.